The van der Waals surface area contributed by atoms with Gasteiger partial charge in [0.2, 0.25) is 5.91 Å². The summed E-state index contributed by atoms with van der Waals surface area (Å²) >= 11 is 0.676. The molecule has 274 valence electrons. The molecule has 4 unspecified atom stereocenters. The third kappa shape index (κ3) is 5.69. The third-order valence-corrected chi connectivity index (χ3v) is 11.9. The number of nitrogens with two attached hydrogens (primary N) is 1. The van der Waals surface area contributed by atoms with Gasteiger partial charge in [-0.15, -0.1) is 11.3 Å². The van der Waals surface area contributed by atoms with Gasteiger partial charge in [-0.3, -0.25) is 9.69 Å². The zero-order chi connectivity index (χ0) is 37.3. The van der Waals surface area contributed by atoms with E-state index in [1.54, 1.807) is 16.8 Å². The number of rotatable bonds is 8. The minimum atomic E-state index is -5.13. The van der Waals surface area contributed by atoms with Crippen LogP contribution in [-0.2, 0) is 11.0 Å². The fourth-order valence-electron chi connectivity index (χ4n) is 8.50. The first kappa shape index (κ1) is 35.8. The van der Waals surface area contributed by atoms with E-state index in [1.807, 2.05) is 17.9 Å². The lowest BCUT2D eigenvalue weighted by atomic mass is 9.92. The monoisotopic (exact) mass is 743 g/mol. The van der Waals surface area contributed by atoms with Crippen LogP contribution in [0, 0.1) is 23.0 Å². The van der Waals surface area contributed by atoms with Gasteiger partial charge in [0.15, 0.2) is 5.82 Å². The lowest BCUT2D eigenvalue weighted by Gasteiger charge is -2.34. The molecule has 0 saturated carbocycles. The highest BCUT2D eigenvalue weighted by atomic mass is 32.1. The molecule has 7 rings (SSSR count). The SMILES string of the molecule is C=CC(=O)N1CCC(N(C)c2nc(OCC34CCCN3CC(F)C4)nc3c(F)c(-c4ccc(F)c5sc(N)c(C#N)c45)c(C(F)(F)F)cc23)C1CC. The molecule has 4 aromatic rings. The molecule has 2 N–H and O–H groups in total. The Balaban J connectivity index is 1.45. The predicted octanol–water partition coefficient (Wildman–Crippen LogP) is 7.22. The molecule has 0 bridgehead atoms. The van der Waals surface area contributed by atoms with Gasteiger partial charge in [0, 0.05) is 42.9 Å². The fraction of sp³-hybridized carbons (Fsp3) is 0.444. The smallest absolute Gasteiger partial charge is 0.417 e. The van der Waals surface area contributed by atoms with E-state index in [0.29, 0.717) is 43.7 Å². The van der Waals surface area contributed by atoms with Crippen LogP contribution in [0.3, 0.4) is 0 Å². The Morgan fingerprint density at radius 2 is 2.06 bits per heavy atom. The van der Waals surface area contributed by atoms with Crippen molar-refractivity contribution in [2.45, 2.75) is 69.0 Å². The Morgan fingerprint density at radius 1 is 1.29 bits per heavy atom. The van der Waals surface area contributed by atoms with E-state index in [4.69, 9.17) is 10.5 Å². The molecule has 52 heavy (non-hydrogen) atoms. The number of likely N-dealkylation sites (N-methyl/N-ethyl adjacent to an activating group) is 1. The molecule has 16 heteroatoms. The molecule has 3 aliphatic rings. The number of alkyl halides is 4. The lowest BCUT2D eigenvalue weighted by Crippen LogP contribution is -2.45. The van der Waals surface area contributed by atoms with Gasteiger partial charge < -0.3 is 20.3 Å². The third-order valence-electron chi connectivity index (χ3n) is 10.8. The van der Waals surface area contributed by atoms with Crippen molar-refractivity contribution < 1.29 is 35.9 Å². The average Bonchev–Trinajstić information content (AvgIpc) is 3.87. The highest BCUT2D eigenvalue weighted by Gasteiger charge is 2.49. The number of likely N-dealkylation sites (tertiary alicyclic amines) is 1. The molecule has 0 radical (unpaired) electrons. The van der Waals surface area contributed by atoms with Gasteiger partial charge in [0.05, 0.1) is 33.4 Å². The quantitative estimate of drug-likeness (QED) is 0.149. The Labute approximate surface area is 299 Å². The van der Waals surface area contributed by atoms with Crippen molar-refractivity contribution in [3.63, 3.8) is 0 Å². The van der Waals surface area contributed by atoms with E-state index in [9.17, 15) is 18.8 Å². The Hall–Kier alpha value is -4.62. The average molecular weight is 744 g/mol. The number of ether oxygens (including phenoxy) is 1. The second-order valence-corrected chi connectivity index (χ2v) is 14.7. The molecule has 1 amide bonds. The number of aromatic nitrogens is 2. The minimum Gasteiger partial charge on any atom is -0.461 e. The Kier molecular flexibility index (Phi) is 9.01. The molecule has 2 aromatic carbocycles. The minimum absolute atomic E-state index is 0.0296. The molecule has 5 heterocycles. The molecule has 2 aromatic heterocycles. The molecule has 4 atom stereocenters. The molecule has 0 spiro atoms. The van der Waals surface area contributed by atoms with E-state index in [-0.39, 0.29) is 75.0 Å². The van der Waals surface area contributed by atoms with Gasteiger partial charge in [0.1, 0.15) is 41.0 Å². The number of thiophene rings is 1. The maximum absolute atomic E-state index is 17.2. The largest absolute Gasteiger partial charge is 0.461 e. The van der Waals surface area contributed by atoms with Crippen LogP contribution in [0.15, 0.2) is 30.9 Å². The van der Waals surface area contributed by atoms with E-state index in [1.165, 1.54) is 6.08 Å². The topological polar surface area (TPSA) is 112 Å². The number of carbonyl (C=O) groups excluding carboxylic acids is 1. The van der Waals surface area contributed by atoms with E-state index in [2.05, 4.69) is 16.5 Å². The predicted molar refractivity (Wildman–Crippen MR) is 186 cm³/mol. The molecular weight excluding hydrogens is 708 g/mol. The number of carbonyl (C=O) groups is 1. The fourth-order valence-corrected chi connectivity index (χ4v) is 9.45. The number of nitrogen functional groups attached to an aromatic ring is 1. The van der Waals surface area contributed by atoms with Crippen LogP contribution >= 0.6 is 11.3 Å². The maximum Gasteiger partial charge on any atom is 0.417 e. The van der Waals surface area contributed by atoms with E-state index < -0.39 is 52.2 Å². The van der Waals surface area contributed by atoms with Crippen molar-refractivity contribution in [2.24, 2.45) is 0 Å². The summed E-state index contributed by atoms with van der Waals surface area (Å²) in [4.78, 5) is 26.9. The summed E-state index contributed by atoms with van der Waals surface area (Å²) < 4.78 is 97.9. The van der Waals surface area contributed by atoms with Crippen LogP contribution in [0.25, 0.3) is 32.1 Å². The summed E-state index contributed by atoms with van der Waals surface area (Å²) in [6.45, 7) is 6.71. The van der Waals surface area contributed by atoms with Crippen LogP contribution in [0.4, 0.5) is 37.2 Å². The highest BCUT2D eigenvalue weighted by Crippen LogP contribution is 2.48. The Morgan fingerprint density at radius 3 is 2.75 bits per heavy atom. The zero-order valence-corrected chi connectivity index (χ0v) is 29.2. The summed E-state index contributed by atoms with van der Waals surface area (Å²) in [7, 11) is 1.61. The van der Waals surface area contributed by atoms with Gasteiger partial charge in [-0.25, -0.2) is 13.2 Å². The number of hydrogen-bond acceptors (Lipinski definition) is 9. The molecule has 3 fully saturated rings. The van der Waals surface area contributed by atoms with Gasteiger partial charge in [-0.05, 0) is 56.0 Å². The highest BCUT2D eigenvalue weighted by molar-refractivity contribution is 7.23. The first-order valence-electron chi connectivity index (χ1n) is 16.9. The van der Waals surface area contributed by atoms with Gasteiger partial charge in [-0.2, -0.15) is 28.4 Å². The first-order chi connectivity index (χ1) is 24.7. The number of anilines is 2. The number of hydrogen-bond donors (Lipinski definition) is 1. The summed E-state index contributed by atoms with van der Waals surface area (Å²) in [5, 5.41) is 9.20. The number of halogens is 6. The number of benzene rings is 2. The molecule has 3 aliphatic heterocycles. The van der Waals surface area contributed by atoms with Crippen LogP contribution in [-0.4, -0.2) is 82.8 Å². The zero-order valence-electron chi connectivity index (χ0n) is 28.4. The summed E-state index contributed by atoms with van der Waals surface area (Å²) in [6.07, 6.45) is -2.36. The number of amides is 1. The molecule has 0 aliphatic carbocycles. The van der Waals surface area contributed by atoms with Crippen LogP contribution in [0.5, 0.6) is 6.01 Å². The normalized spacial score (nSPS) is 23.4. The van der Waals surface area contributed by atoms with Gasteiger partial charge >= 0.3 is 12.2 Å². The maximum atomic E-state index is 17.2. The number of nitriles is 1. The van der Waals surface area contributed by atoms with E-state index in [0.717, 1.165) is 24.6 Å². The lowest BCUT2D eigenvalue weighted by molar-refractivity contribution is -0.137. The second kappa shape index (κ2) is 13.1. The summed E-state index contributed by atoms with van der Waals surface area (Å²) in [5.41, 5.74) is 1.83. The van der Waals surface area contributed by atoms with Crippen molar-refractivity contribution in [2.75, 3.05) is 43.9 Å². The van der Waals surface area contributed by atoms with Crippen LogP contribution in [0.1, 0.15) is 50.2 Å². The summed E-state index contributed by atoms with van der Waals surface area (Å²) in [5.74, 6) is -2.58. The van der Waals surface area contributed by atoms with Gasteiger partial charge in [0.25, 0.3) is 0 Å². The van der Waals surface area contributed by atoms with Crippen molar-refractivity contribution in [1.82, 2.24) is 19.8 Å². The second-order valence-electron chi connectivity index (χ2n) is 13.6. The molecule has 9 nitrogen and oxygen atoms in total. The van der Waals surface area contributed by atoms with Crippen molar-refractivity contribution in [3.8, 4) is 23.2 Å². The van der Waals surface area contributed by atoms with Crippen molar-refractivity contribution >= 4 is 49.1 Å². The van der Waals surface area contributed by atoms with Crippen molar-refractivity contribution in [3.05, 3.63) is 53.6 Å². The number of nitrogens with zero attached hydrogens (tertiary/aromatic N) is 6. The van der Waals surface area contributed by atoms with Gasteiger partial charge in [-0.1, -0.05) is 19.6 Å². The van der Waals surface area contributed by atoms with Crippen LogP contribution in [0.2, 0.25) is 0 Å². The van der Waals surface area contributed by atoms with Crippen molar-refractivity contribution in [1.29, 1.82) is 5.26 Å². The molecule has 3 saturated heterocycles. The first-order valence-corrected chi connectivity index (χ1v) is 17.7. The standard InChI is InChI=1S/C36H35F6N7O2S/c1-4-24-25(9-12-49(24)26(50)5-2)47(3)33-20-13-22(36(40,41)42)28(19-7-8-23(38)31-27(19)21(15-43)32(44)52-31)29(39)30(20)45-34(46-33)51-17-35-10-6-11-48(35)16-18(37)14-35/h5,7-8,13,18,24-25H,2,4,6,9-12,14,16-17,44H2,1,3H3. The Bertz CT molecular complexity index is 2150. The van der Waals surface area contributed by atoms with Crippen LogP contribution < -0.4 is 15.4 Å². The van der Waals surface area contributed by atoms with E-state index >= 15 is 17.6 Å². The number of fused-ring (bicyclic) bond motifs is 3. The molecular formula is C36H35F6N7O2S. The summed E-state index contributed by atoms with van der Waals surface area (Å²) in [6, 6.07) is 3.34.